The lowest BCUT2D eigenvalue weighted by Crippen LogP contribution is -2.46. The van der Waals surface area contributed by atoms with E-state index in [-0.39, 0.29) is 0 Å². The Morgan fingerprint density at radius 3 is 2.88 bits per heavy atom. The second-order valence-corrected chi connectivity index (χ2v) is 6.04. The molecule has 0 radical (unpaired) electrons. The van der Waals surface area contributed by atoms with Gasteiger partial charge in [-0.15, -0.1) is 0 Å². The van der Waals surface area contributed by atoms with Crippen molar-refractivity contribution < 1.29 is 9.90 Å². The summed E-state index contributed by atoms with van der Waals surface area (Å²) in [6.07, 6.45) is 3.51. The largest absolute Gasteiger partial charge is 0.480 e. The number of rotatable bonds is 2. The Bertz CT molecular complexity index is 947. The molecule has 0 bridgehead atoms. The van der Waals surface area contributed by atoms with Crippen LogP contribution in [0.4, 0.5) is 5.82 Å². The van der Waals surface area contributed by atoms with Crippen molar-refractivity contribution in [2.75, 3.05) is 4.90 Å². The molecule has 0 fully saturated rings. The van der Waals surface area contributed by atoms with Gasteiger partial charge in [0.05, 0.1) is 0 Å². The van der Waals surface area contributed by atoms with E-state index in [2.05, 4.69) is 15.0 Å². The molecule has 0 amide bonds. The summed E-state index contributed by atoms with van der Waals surface area (Å²) < 4.78 is 0. The maximum atomic E-state index is 11.8. The Morgan fingerprint density at radius 1 is 1.21 bits per heavy atom. The van der Waals surface area contributed by atoms with Gasteiger partial charge in [-0.3, -0.25) is 4.98 Å². The average Bonchev–Trinajstić information content (AvgIpc) is 2.60. The molecule has 1 atom stereocenters. The molecule has 7 heteroatoms. The molecule has 3 heterocycles. The number of aliphatic carboxylic acids is 1. The Labute approximate surface area is 142 Å². The van der Waals surface area contributed by atoms with E-state index < -0.39 is 12.0 Å². The molecule has 1 aliphatic rings. The van der Waals surface area contributed by atoms with E-state index in [4.69, 9.17) is 11.6 Å². The summed E-state index contributed by atoms with van der Waals surface area (Å²) in [5, 5.41) is 10.3. The van der Waals surface area contributed by atoms with E-state index in [9.17, 15) is 9.90 Å². The minimum absolute atomic E-state index is 0.338. The monoisotopic (exact) mass is 340 g/mol. The lowest BCUT2D eigenvalue weighted by Gasteiger charge is -2.35. The molecule has 2 aromatic heterocycles. The second kappa shape index (κ2) is 5.72. The fourth-order valence-corrected chi connectivity index (χ4v) is 3.31. The molecular formula is C17H13ClN4O2. The lowest BCUT2D eigenvalue weighted by atomic mass is 9.94. The van der Waals surface area contributed by atoms with Crippen LogP contribution in [0.2, 0.25) is 5.02 Å². The molecule has 4 rings (SSSR count). The highest BCUT2D eigenvalue weighted by molar-refractivity contribution is 6.31. The van der Waals surface area contributed by atoms with Crippen LogP contribution in [0.5, 0.6) is 0 Å². The third-order valence-electron chi connectivity index (χ3n) is 4.23. The molecule has 0 unspecified atom stereocenters. The molecule has 0 saturated carbocycles. The second-order valence-electron chi connectivity index (χ2n) is 5.63. The van der Waals surface area contributed by atoms with Crippen molar-refractivity contribution in [3.05, 3.63) is 58.9 Å². The number of carboxylic acid groups (broad SMARTS) is 1. The summed E-state index contributed by atoms with van der Waals surface area (Å²) in [5.74, 6) is -0.331. The number of aromatic nitrogens is 3. The van der Waals surface area contributed by atoms with Crippen LogP contribution >= 0.6 is 11.6 Å². The summed E-state index contributed by atoms with van der Waals surface area (Å²) >= 11 is 6.24. The molecule has 120 valence electrons. The SMILES string of the molecule is O=C(O)[C@@H]1Cc2c(Cl)cccc2CN1c1ccc2nccnc2n1. The van der Waals surface area contributed by atoms with Gasteiger partial charge in [-0.25, -0.2) is 14.8 Å². The van der Waals surface area contributed by atoms with Crippen LogP contribution in [0.15, 0.2) is 42.7 Å². The van der Waals surface area contributed by atoms with Gasteiger partial charge in [-0.1, -0.05) is 23.7 Å². The van der Waals surface area contributed by atoms with Crippen molar-refractivity contribution >= 4 is 34.6 Å². The van der Waals surface area contributed by atoms with E-state index in [1.807, 2.05) is 12.1 Å². The van der Waals surface area contributed by atoms with Gasteiger partial charge in [-0.05, 0) is 29.3 Å². The van der Waals surface area contributed by atoms with Crippen molar-refractivity contribution in [2.24, 2.45) is 0 Å². The molecule has 0 spiro atoms. The van der Waals surface area contributed by atoms with Gasteiger partial charge in [0.1, 0.15) is 17.4 Å². The maximum Gasteiger partial charge on any atom is 0.326 e. The summed E-state index contributed by atoms with van der Waals surface area (Å²) in [6, 6.07) is 8.49. The number of carboxylic acids is 1. The number of benzene rings is 1. The Kier molecular flexibility index (Phi) is 3.54. The van der Waals surface area contributed by atoms with E-state index >= 15 is 0 Å². The topological polar surface area (TPSA) is 79.2 Å². The zero-order chi connectivity index (χ0) is 16.7. The molecule has 24 heavy (non-hydrogen) atoms. The van der Waals surface area contributed by atoms with Crippen molar-refractivity contribution in [1.29, 1.82) is 0 Å². The van der Waals surface area contributed by atoms with Crippen LogP contribution < -0.4 is 4.90 Å². The van der Waals surface area contributed by atoms with Crippen molar-refractivity contribution in [3.63, 3.8) is 0 Å². The zero-order valence-electron chi connectivity index (χ0n) is 12.6. The molecule has 3 aromatic rings. The fraction of sp³-hybridized carbons (Fsp3) is 0.176. The van der Waals surface area contributed by atoms with Gasteiger partial charge >= 0.3 is 5.97 Å². The van der Waals surface area contributed by atoms with Crippen LogP contribution in [-0.2, 0) is 17.8 Å². The maximum absolute atomic E-state index is 11.8. The summed E-state index contributed by atoms with van der Waals surface area (Å²) in [5.41, 5.74) is 3.08. The number of nitrogens with zero attached hydrogens (tertiary/aromatic N) is 4. The van der Waals surface area contributed by atoms with E-state index in [1.54, 1.807) is 35.5 Å². The smallest absolute Gasteiger partial charge is 0.326 e. The number of hydrogen-bond acceptors (Lipinski definition) is 5. The minimum atomic E-state index is -0.901. The third kappa shape index (κ3) is 2.45. The highest BCUT2D eigenvalue weighted by atomic mass is 35.5. The number of hydrogen-bond donors (Lipinski definition) is 1. The van der Waals surface area contributed by atoms with Crippen LogP contribution in [0, 0.1) is 0 Å². The van der Waals surface area contributed by atoms with Crippen LogP contribution in [0.25, 0.3) is 11.2 Å². The normalized spacial score (nSPS) is 16.9. The number of pyridine rings is 1. The number of halogens is 1. The van der Waals surface area contributed by atoms with Crippen LogP contribution in [-0.4, -0.2) is 32.1 Å². The van der Waals surface area contributed by atoms with Gasteiger partial charge in [0.15, 0.2) is 5.65 Å². The van der Waals surface area contributed by atoms with E-state index in [1.165, 1.54) is 0 Å². The van der Waals surface area contributed by atoms with Gasteiger partial charge < -0.3 is 10.0 Å². The van der Waals surface area contributed by atoms with Crippen molar-refractivity contribution in [1.82, 2.24) is 15.0 Å². The highest BCUT2D eigenvalue weighted by Crippen LogP contribution is 2.32. The predicted octanol–water partition coefficient (Wildman–Crippen LogP) is 2.69. The molecule has 1 aliphatic heterocycles. The molecule has 1 N–H and O–H groups in total. The van der Waals surface area contributed by atoms with Crippen LogP contribution in [0.3, 0.4) is 0 Å². The highest BCUT2D eigenvalue weighted by Gasteiger charge is 2.33. The molecule has 1 aromatic carbocycles. The quantitative estimate of drug-likeness (QED) is 0.772. The molecule has 0 aliphatic carbocycles. The average molecular weight is 341 g/mol. The third-order valence-corrected chi connectivity index (χ3v) is 4.58. The number of fused-ring (bicyclic) bond motifs is 2. The molecule has 0 saturated heterocycles. The van der Waals surface area contributed by atoms with E-state index in [0.29, 0.717) is 35.0 Å². The van der Waals surface area contributed by atoms with Crippen LogP contribution in [0.1, 0.15) is 11.1 Å². The van der Waals surface area contributed by atoms with Crippen molar-refractivity contribution in [3.8, 4) is 0 Å². The predicted molar refractivity (Wildman–Crippen MR) is 90.1 cm³/mol. The van der Waals surface area contributed by atoms with E-state index in [0.717, 1.165) is 11.1 Å². The van der Waals surface area contributed by atoms with Gasteiger partial charge in [0.2, 0.25) is 0 Å². The summed E-state index contributed by atoms with van der Waals surface area (Å²) in [4.78, 5) is 26.4. The van der Waals surface area contributed by atoms with Crippen molar-refractivity contribution in [2.45, 2.75) is 19.0 Å². The first-order valence-corrected chi connectivity index (χ1v) is 7.85. The zero-order valence-corrected chi connectivity index (χ0v) is 13.3. The Morgan fingerprint density at radius 2 is 2.04 bits per heavy atom. The summed E-state index contributed by atoms with van der Waals surface area (Å²) in [7, 11) is 0. The Hall–Kier alpha value is -2.73. The number of anilines is 1. The van der Waals surface area contributed by atoms with Gasteiger partial charge in [0, 0.05) is 30.4 Å². The minimum Gasteiger partial charge on any atom is -0.480 e. The van der Waals surface area contributed by atoms with Gasteiger partial charge in [-0.2, -0.15) is 0 Å². The number of carbonyl (C=O) groups is 1. The first-order valence-electron chi connectivity index (χ1n) is 7.47. The first-order chi connectivity index (χ1) is 11.6. The first kappa shape index (κ1) is 14.8. The summed E-state index contributed by atoms with van der Waals surface area (Å²) in [6.45, 7) is 0.436. The standard InChI is InChI=1S/C17H13ClN4O2/c18-12-3-1-2-10-9-22(14(17(23)24)8-11(10)12)15-5-4-13-16(21-15)20-7-6-19-13/h1-7,14H,8-9H2,(H,23,24)/t14-/m0/s1. The lowest BCUT2D eigenvalue weighted by molar-refractivity contribution is -0.138. The molecule has 6 nitrogen and oxygen atoms in total. The fourth-order valence-electron chi connectivity index (χ4n) is 3.04. The van der Waals surface area contributed by atoms with Gasteiger partial charge in [0.25, 0.3) is 0 Å². The Balaban J connectivity index is 1.80. The molecular weight excluding hydrogens is 328 g/mol.